The Bertz CT molecular complexity index is 310. The van der Waals surface area contributed by atoms with Crippen LogP contribution in [0.15, 0.2) is 0 Å². The number of nitrogens with two attached hydrogens (primary N) is 4. The molecule has 2 unspecified atom stereocenters. The molecular weight excluding hydrogens is 312 g/mol. The SMILES string of the molecule is NCCCC(N)CCCOC(=O)C(=O)OCCCC(N)CCCN. The van der Waals surface area contributed by atoms with Crippen LogP contribution in [-0.2, 0) is 19.1 Å². The number of hydrogen-bond acceptors (Lipinski definition) is 8. The fourth-order valence-electron chi connectivity index (χ4n) is 2.19. The summed E-state index contributed by atoms with van der Waals surface area (Å²) >= 11 is 0. The average molecular weight is 346 g/mol. The lowest BCUT2D eigenvalue weighted by Crippen LogP contribution is -2.25. The fourth-order valence-corrected chi connectivity index (χ4v) is 2.19. The predicted octanol–water partition coefficient (Wildman–Crippen LogP) is -0.234. The maximum Gasteiger partial charge on any atom is 0.417 e. The van der Waals surface area contributed by atoms with Crippen LogP contribution in [0.3, 0.4) is 0 Å². The molecule has 8 nitrogen and oxygen atoms in total. The van der Waals surface area contributed by atoms with Gasteiger partial charge in [0.25, 0.3) is 0 Å². The Morgan fingerprint density at radius 1 is 0.667 bits per heavy atom. The van der Waals surface area contributed by atoms with E-state index in [0.29, 0.717) is 25.9 Å². The summed E-state index contributed by atoms with van der Waals surface area (Å²) in [5.74, 6) is -1.92. The lowest BCUT2D eigenvalue weighted by molar-refractivity contribution is -0.167. The van der Waals surface area contributed by atoms with Gasteiger partial charge in [0, 0.05) is 12.1 Å². The Labute approximate surface area is 144 Å². The van der Waals surface area contributed by atoms with Gasteiger partial charge in [-0.2, -0.15) is 0 Å². The minimum Gasteiger partial charge on any atom is -0.457 e. The number of esters is 2. The Kier molecular flexibility index (Phi) is 14.5. The Hall–Kier alpha value is -1.22. The first kappa shape index (κ1) is 22.8. The van der Waals surface area contributed by atoms with Gasteiger partial charge in [0.15, 0.2) is 0 Å². The van der Waals surface area contributed by atoms with E-state index in [9.17, 15) is 9.59 Å². The molecule has 2 atom stereocenters. The highest BCUT2D eigenvalue weighted by Crippen LogP contribution is 2.03. The molecule has 0 aliphatic rings. The van der Waals surface area contributed by atoms with E-state index in [2.05, 4.69) is 0 Å². The molecule has 24 heavy (non-hydrogen) atoms. The molecule has 0 heterocycles. The largest absolute Gasteiger partial charge is 0.457 e. The van der Waals surface area contributed by atoms with E-state index in [0.717, 1.165) is 38.5 Å². The van der Waals surface area contributed by atoms with E-state index in [1.54, 1.807) is 0 Å². The summed E-state index contributed by atoms with van der Waals surface area (Å²) in [7, 11) is 0. The van der Waals surface area contributed by atoms with Crippen molar-refractivity contribution in [3.05, 3.63) is 0 Å². The molecule has 142 valence electrons. The molecule has 0 spiro atoms. The van der Waals surface area contributed by atoms with E-state index in [4.69, 9.17) is 32.4 Å². The smallest absolute Gasteiger partial charge is 0.417 e. The third kappa shape index (κ3) is 13.2. The topological polar surface area (TPSA) is 157 Å². The third-order valence-electron chi connectivity index (χ3n) is 3.63. The van der Waals surface area contributed by atoms with Crippen molar-refractivity contribution < 1.29 is 19.1 Å². The second-order valence-corrected chi connectivity index (χ2v) is 5.94. The lowest BCUT2D eigenvalue weighted by Gasteiger charge is -2.11. The average Bonchev–Trinajstić information content (AvgIpc) is 2.58. The Morgan fingerprint density at radius 2 is 1.00 bits per heavy atom. The van der Waals surface area contributed by atoms with E-state index in [-0.39, 0.29) is 25.3 Å². The van der Waals surface area contributed by atoms with Crippen LogP contribution in [0.2, 0.25) is 0 Å². The van der Waals surface area contributed by atoms with Gasteiger partial charge in [0.05, 0.1) is 13.2 Å². The normalized spacial score (nSPS) is 13.3. The Morgan fingerprint density at radius 3 is 1.33 bits per heavy atom. The van der Waals surface area contributed by atoms with Gasteiger partial charge in [-0.15, -0.1) is 0 Å². The first-order valence-corrected chi connectivity index (χ1v) is 8.76. The zero-order valence-corrected chi connectivity index (χ0v) is 14.6. The molecule has 0 aromatic carbocycles. The predicted molar refractivity (Wildman–Crippen MR) is 92.9 cm³/mol. The quantitative estimate of drug-likeness (QED) is 0.191. The van der Waals surface area contributed by atoms with Gasteiger partial charge in [0.2, 0.25) is 0 Å². The maximum absolute atomic E-state index is 11.4. The maximum atomic E-state index is 11.4. The van der Waals surface area contributed by atoms with Crippen LogP contribution in [0, 0.1) is 0 Å². The molecule has 0 rings (SSSR count). The van der Waals surface area contributed by atoms with Crippen molar-refractivity contribution in [1.82, 2.24) is 0 Å². The van der Waals surface area contributed by atoms with Crippen LogP contribution in [0.1, 0.15) is 51.4 Å². The summed E-state index contributed by atoms with van der Waals surface area (Å²) in [6.07, 6.45) is 6.12. The van der Waals surface area contributed by atoms with Crippen LogP contribution in [0.4, 0.5) is 0 Å². The molecule has 0 fully saturated rings. The van der Waals surface area contributed by atoms with Crippen LogP contribution >= 0.6 is 0 Å². The molecule has 0 saturated carbocycles. The number of ether oxygens (including phenoxy) is 2. The molecule has 0 radical (unpaired) electrons. The second-order valence-electron chi connectivity index (χ2n) is 5.94. The van der Waals surface area contributed by atoms with Crippen LogP contribution < -0.4 is 22.9 Å². The fraction of sp³-hybridized carbons (Fsp3) is 0.875. The summed E-state index contributed by atoms with van der Waals surface area (Å²) in [6, 6.07) is 0.0883. The lowest BCUT2D eigenvalue weighted by atomic mass is 10.1. The summed E-state index contributed by atoms with van der Waals surface area (Å²) in [4.78, 5) is 22.9. The first-order chi connectivity index (χ1) is 11.5. The molecule has 0 aromatic rings. The number of rotatable bonds is 14. The first-order valence-electron chi connectivity index (χ1n) is 8.76. The minimum atomic E-state index is -0.960. The molecule has 0 aliphatic carbocycles. The van der Waals surface area contributed by atoms with E-state index in [1.807, 2.05) is 0 Å². The minimum absolute atomic E-state index is 0.0442. The third-order valence-corrected chi connectivity index (χ3v) is 3.63. The van der Waals surface area contributed by atoms with Crippen molar-refractivity contribution in [3.8, 4) is 0 Å². The van der Waals surface area contributed by atoms with Crippen LogP contribution in [0.5, 0.6) is 0 Å². The molecule has 8 N–H and O–H groups in total. The van der Waals surface area contributed by atoms with Gasteiger partial charge in [-0.25, -0.2) is 9.59 Å². The highest BCUT2D eigenvalue weighted by Gasteiger charge is 2.17. The van der Waals surface area contributed by atoms with Crippen molar-refractivity contribution in [1.29, 1.82) is 0 Å². The van der Waals surface area contributed by atoms with Crippen molar-refractivity contribution in [2.75, 3.05) is 26.3 Å². The van der Waals surface area contributed by atoms with Gasteiger partial charge in [-0.3, -0.25) is 0 Å². The van der Waals surface area contributed by atoms with E-state index in [1.165, 1.54) is 0 Å². The second kappa shape index (κ2) is 15.3. The van der Waals surface area contributed by atoms with Gasteiger partial charge in [-0.1, -0.05) is 0 Å². The number of carbonyl (C=O) groups is 2. The monoisotopic (exact) mass is 346 g/mol. The van der Waals surface area contributed by atoms with E-state index >= 15 is 0 Å². The summed E-state index contributed by atoms with van der Waals surface area (Å²) in [5.41, 5.74) is 22.5. The highest BCUT2D eigenvalue weighted by atomic mass is 16.6. The highest BCUT2D eigenvalue weighted by molar-refractivity contribution is 6.29. The molecule has 8 heteroatoms. The summed E-state index contributed by atoms with van der Waals surface area (Å²) < 4.78 is 9.72. The van der Waals surface area contributed by atoms with Gasteiger partial charge < -0.3 is 32.4 Å². The van der Waals surface area contributed by atoms with Crippen molar-refractivity contribution in [3.63, 3.8) is 0 Å². The molecule has 0 amide bonds. The number of carbonyl (C=O) groups excluding carboxylic acids is 2. The van der Waals surface area contributed by atoms with Gasteiger partial charge in [0.1, 0.15) is 0 Å². The van der Waals surface area contributed by atoms with Gasteiger partial charge >= 0.3 is 11.9 Å². The summed E-state index contributed by atoms with van der Waals surface area (Å²) in [5, 5.41) is 0. The van der Waals surface area contributed by atoms with Crippen LogP contribution in [0.25, 0.3) is 0 Å². The van der Waals surface area contributed by atoms with Gasteiger partial charge in [-0.05, 0) is 64.5 Å². The van der Waals surface area contributed by atoms with Crippen molar-refractivity contribution in [2.24, 2.45) is 22.9 Å². The summed E-state index contributed by atoms with van der Waals surface area (Å²) in [6.45, 7) is 1.56. The van der Waals surface area contributed by atoms with E-state index < -0.39 is 11.9 Å². The molecular formula is C16H34N4O4. The standard InChI is InChI=1S/C16H34N4O4/c17-9-1-5-13(19)7-3-11-23-15(21)16(22)24-12-4-8-14(20)6-2-10-18/h13-14H,1-12,17-20H2. The zero-order chi connectivity index (χ0) is 18.2. The molecule has 0 saturated heterocycles. The molecule has 0 aliphatic heterocycles. The van der Waals surface area contributed by atoms with Crippen LogP contribution in [-0.4, -0.2) is 50.3 Å². The van der Waals surface area contributed by atoms with Crippen molar-refractivity contribution in [2.45, 2.75) is 63.5 Å². The molecule has 0 aromatic heterocycles. The molecule has 0 bridgehead atoms. The number of hydrogen-bond donors (Lipinski definition) is 4. The van der Waals surface area contributed by atoms with Crippen molar-refractivity contribution >= 4 is 11.9 Å². The zero-order valence-electron chi connectivity index (χ0n) is 14.6. The Balaban J connectivity index is 3.61.